The van der Waals surface area contributed by atoms with Crippen molar-refractivity contribution in [3.05, 3.63) is 17.7 Å². The Bertz CT molecular complexity index is 390. The largest absolute Gasteiger partial charge is 0.504 e. The van der Waals surface area contributed by atoms with Gasteiger partial charge in [0.25, 0.3) is 0 Å². The van der Waals surface area contributed by atoms with E-state index in [1.807, 2.05) is 0 Å². The van der Waals surface area contributed by atoms with Gasteiger partial charge in [-0.15, -0.1) is 0 Å². The highest BCUT2D eigenvalue weighted by Gasteiger charge is 2.22. The highest BCUT2D eigenvalue weighted by atomic mass is 16.5. The summed E-state index contributed by atoms with van der Waals surface area (Å²) in [6.07, 6.45) is 0. The Morgan fingerprint density at radius 3 is 2.47 bits per heavy atom. The Labute approximate surface area is 85.5 Å². The van der Waals surface area contributed by atoms with Crippen LogP contribution in [-0.4, -0.2) is 28.4 Å². The van der Waals surface area contributed by atoms with Crippen LogP contribution < -0.4 is 5.73 Å². The van der Waals surface area contributed by atoms with Gasteiger partial charge >= 0.3 is 5.97 Å². The van der Waals surface area contributed by atoms with Gasteiger partial charge in [0, 0.05) is 5.56 Å². The first-order chi connectivity index (χ1) is 6.99. The van der Waals surface area contributed by atoms with Crippen molar-refractivity contribution in [2.75, 3.05) is 7.11 Å². The summed E-state index contributed by atoms with van der Waals surface area (Å²) in [4.78, 5) is 11.1. The maximum atomic E-state index is 11.1. The number of phenolic OH excluding ortho intramolecular Hbond substituents is 3. The molecule has 15 heavy (non-hydrogen) atoms. The molecule has 1 atom stereocenters. The van der Waals surface area contributed by atoms with Crippen molar-refractivity contribution in [2.45, 2.75) is 6.04 Å². The van der Waals surface area contributed by atoms with E-state index in [1.165, 1.54) is 6.07 Å². The zero-order valence-corrected chi connectivity index (χ0v) is 7.97. The minimum Gasteiger partial charge on any atom is -0.504 e. The molecular formula is C9H11NO5. The van der Waals surface area contributed by atoms with Crippen molar-refractivity contribution < 1.29 is 24.9 Å². The van der Waals surface area contributed by atoms with E-state index in [0.29, 0.717) is 0 Å². The molecule has 5 N–H and O–H groups in total. The van der Waals surface area contributed by atoms with E-state index in [4.69, 9.17) is 10.8 Å². The number of carbonyl (C=O) groups excluding carboxylic acids is 1. The summed E-state index contributed by atoms with van der Waals surface area (Å²) in [5.74, 6) is -2.59. The Balaban J connectivity index is 3.16. The van der Waals surface area contributed by atoms with E-state index in [0.717, 1.165) is 13.2 Å². The molecular weight excluding hydrogens is 202 g/mol. The summed E-state index contributed by atoms with van der Waals surface area (Å²) in [6.45, 7) is 0. The number of carbonyl (C=O) groups is 1. The van der Waals surface area contributed by atoms with Crippen molar-refractivity contribution in [2.24, 2.45) is 5.73 Å². The number of methoxy groups -OCH3 is 1. The van der Waals surface area contributed by atoms with E-state index in [-0.39, 0.29) is 5.56 Å². The molecule has 6 nitrogen and oxygen atoms in total. The summed E-state index contributed by atoms with van der Waals surface area (Å²) in [5.41, 5.74) is 5.43. The van der Waals surface area contributed by atoms with Gasteiger partial charge in [-0.1, -0.05) is 0 Å². The molecule has 0 aromatic heterocycles. The van der Waals surface area contributed by atoms with Gasteiger partial charge in [-0.3, -0.25) is 4.79 Å². The third-order valence-electron chi connectivity index (χ3n) is 1.95. The van der Waals surface area contributed by atoms with Gasteiger partial charge in [0.1, 0.15) is 6.04 Å². The van der Waals surface area contributed by atoms with E-state index < -0.39 is 29.3 Å². The van der Waals surface area contributed by atoms with Crippen LogP contribution in [0.15, 0.2) is 12.1 Å². The van der Waals surface area contributed by atoms with Gasteiger partial charge in [-0.25, -0.2) is 0 Å². The molecule has 0 spiro atoms. The molecule has 0 fully saturated rings. The van der Waals surface area contributed by atoms with Crippen LogP contribution in [0.25, 0.3) is 0 Å². The molecule has 0 aliphatic rings. The molecule has 1 unspecified atom stereocenters. The first-order valence-electron chi connectivity index (χ1n) is 4.06. The first-order valence-corrected chi connectivity index (χ1v) is 4.06. The zero-order valence-electron chi connectivity index (χ0n) is 7.97. The van der Waals surface area contributed by atoms with E-state index >= 15 is 0 Å². The monoisotopic (exact) mass is 213 g/mol. The number of aromatic hydroxyl groups is 3. The fraction of sp³-hybridized carbons (Fsp3) is 0.222. The average molecular weight is 213 g/mol. The second-order valence-corrected chi connectivity index (χ2v) is 2.87. The maximum absolute atomic E-state index is 11.1. The van der Waals surface area contributed by atoms with Crippen LogP contribution in [0.4, 0.5) is 0 Å². The molecule has 0 saturated heterocycles. The summed E-state index contributed by atoms with van der Waals surface area (Å²) in [7, 11) is 1.15. The van der Waals surface area contributed by atoms with Crippen molar-refractivity contribution in [3.63, 3.8) is 0 Å². The molecule has 82 valence electrons. The molecule has 0 aliphatic carbocycles. The Hall–Kier alpha value is -1.95. The average Bonchev–Trinajstić information content (AvgIpc) is 2.24. The third kappa shape index (κ3) is 1.94. The van der Waals surface area contributed by atoms with E-state index in [1.54, 1.807) is 0 Å². The lowest BCUT2D eigenvalue weighted by Gasteiger charge is -2.12. The molecule has 1 aromatic rings. The third-order valence-corrected chi connectivity index (χ3v) is 1.95. The lowest BCUT2D eigenvalue weighted by atomic mass is 10.1. The summed E-state index contributed by atoms with van der Waals surface area (Å²) >= 11 is 0. The van der Waals surface area contributed by atoms with Crippen molar-refractivity contribution in [1.82, 2.24) is 0 Å². The number of nitrogens with two attached hydrogens (primary N) is 1. The topological polar surface area (TPSA) is 113 Å². The zero-order chi connectivity index (χ0) is 11.6. The minimum atomic E-state index is -1.21. The maximum Gasteiger partial charge on any atom is 0.327 e. The van der Waals surface area contributed by atoms with Crippen LogP contribution >= 0.6 is 0 Å². The van der Waals surface area contributed by atoms with Gasteiger partial charge in [0.15, 0.2) is 11.5 Å². The van der Waals surface area contributed by atoms with Crippen LogP contribution in [-0.2, 0) is 9.53 Å². The van der Waals surface area contributed by atoms with Crippen molar-refractivity contribution >= 4 is 5.97 Å². The van der Waals surface area contributed by atoms with Gasteiger partial charge in [-0.2, -0.15) is 0 Å². The van der Waals surface area contributed by atoms with E-state index in [2.05, 4.69) is 4.74 Å². The molecule has 0 aliphatic heterocycles. The normalized spacial score (nSPS) is 12.1. The molecule has 6 heteroatoms. The number of ether oxygens (including phenoxy) is 1. The smallest absolute Gasteiger partial charge is 0.327 e. The van der Waals surface area contributed by atoms with Crippen LogP contribution in [0.3, 0.4) is 0 Å². The van der Waals surface area contributed by atoms with Gasteiger partial charge in [0.05, 0.1) is 7.11 Å². The van der Waals surface area contributed by atoms with Gasteiger partial charge in [0.2, 0.25) is 5.75 Å². The molecule has 0 saturated carbocycles. The lowest BCUT2D eigenvalue weighted by molar-refractivity contribution is -0.142. The predicted molar refractivity (Wildman–Crippen MR) is 50.4 cm³/mol. The molecule has 0 bridgehead atoms. The number of phenols is 3. The Kier molecular flexibility index (Phi) is 3.01. The lowest BCUT2D eigenvalue weighted by Crippen LogP contribution is -2.22. The number of benzene rings is 1. The fourth-order valence-corrected chi connectivity index (χ4v) is 1.09. The van der Waals surface area contributed by atoms with E-state index in [9.17, 15) is 15.0 Å². The van der Waals surface area contributed by atoms with Crippen molar-refractivity contribution in [1.29, 1.82) is 0 Å². The highest BCUT2D eigenvalue weighted by molar-refractivity contribution is 5.79. The summed E-state index contributed by atoms with van der Waals surface area (Å²) < 4.78 is 4.37. The van der Waals surface area contributed by atoms with Crippen LogP contribution in [0, 0.1) is 0 Å². The second kappa shape index (κ2) is 4.05. The molecule has 0 heterocycles. The van der Waals surface area contributed by atoms with Crippen LogP contribution in [0.1, 0.15) is 11.6 Å². The van der Waals surface area contributed by atoms with Gasteiger partial charge in [-0.05, 0) is 12.1 Å². The SMILES string of the molecule is COC(=O)C(N)c1ccc(O)c(O)c1O. The molecule has 0 radical (unpaired) electrons. The summed E-state index contributed by atoms with van der Waals surface area (Å²) in [6, 6.07) is 1.14. The van der Waals surface area contributed by atoms with Crippen LogP contribution in [0.5, 0.6) is 17.2 Å². The number of hydrogen-bond acceptors (Lipinski definition) is 6. The van der Waals surface area contributed by atoms with Gasteiger partial charge < -0.3 is 25.8 Å². The number of hydrogen-bond donors (Lipinski definition) is 4. The molecule has 1 aromatic carbocycles. The fourth-order valence-electron chi connectivity index (χ4n) is 1.09. The number of esters is 1. The number of rotatable bonds is 2. The van der Waals surface area contributed by atoms with Crippen LogP contribution in [0.2, 0.25) is 0 Å². The van der Waals surface area contributed by atoms with Crippen molar-refractivity contribution in [3.8, 4) is 17.2 Å². The molecule has 1 rings (SSSR count). The molecule has 0 amide bonds. The highest BCUT2D eigenvalue weighted by Crippen LogP contribution is 2.39. The minimum absolute atomic E-state index is 0.0165. The standard InChI is InChI=1S/C9H11NO5/c1-15-9(14)6(10)4-2-3-5(11)8(13)7(4)12/h2-3,6,11-13H,10H2,1H3. The Morgan fingerprint density at radius 1 is 1.33 bits per heavy atom. The Morgan fingerprint density at radius 2 is 1.93 bits per heavy atom. The predicted octanol–water partition coefficient (Wildman–Crippen LogP) is -0.0238. The second-order valence-electron chi connectivity index (χ2n) is 2.87. The quantitative estimate of drug-likeness (QED) is 0.405. The summed E-state index contributed by atoms with van der Waals surface area (Å²) in [5, 5.41) is 27.6. The first kappa shape index (κ1) is 11.1.